The zero-order valence-electron chi connectivity index (χ0n) is 10.3. The summed E-state index contributed by atoms with van der Waals surface area (Å²) < 4.78 is 0. The lowest BCUT2D eigenvalue weighted by Crippen LogP contribution is -2.19. The highest BCUT2D eigenvalue weighted by atomic mass is 14.3. The zero-order chi connectivity index (χ0) is 10.3. The number of hydrogen-bond acceptors (Lipinski definition) is 0. The third-order valence-electron chi connectivity index (χ3n) is 3.08. The zero-order valence-corrected chi connectivity index (χ0v) is 10.3. The van der Waals surface area contributed by atoms with E-state index in [1.165, 1.54) is 38.5 Å². The lowest BCUT2D eigenvalue weighted by Gasteiger charge is -2.29. The lowest BCUT2D eigenvalue weighted by atomic mass is 9.76. The van der Waals surface area contributed by atoms with Crippen LogP contribution in [0.3, 0.4) is 0 Å². The van der Waals surface area contributed by atoms with E-state index < -0.39 is 0 Å². The second kappa shape index (κ2) is 6.45. The first-order valence-electron chi connectivity index (χ1n) is 6.11. The van der Waals surface area contributed by atoms with Crippen molar-refractivity contribution in [3.63, 3.8) is 0 Å². The van der Waals surface area contributed by atoms with Crippen molar-refractivity contribution in [1.29, 1.82) is 0 Å². The molecule has 13 heavy (non-hydrogen) atoms. The molecule has 0 saturated heterocycles. The quantitative estimate of drug-likeness (QED) is 0.463. The molecular formula is C13H28. The van der Waals surface area contributed by atoms with Crippen molar-refractivity contribution in [1.82, 2.24) is 0 Å². The van der Waals surface area contributed by atoms with Gasteiger partial charge in [-0.05, 0) is 24.2 Å². The Morgan fingerprint density at radius 3 is 1.46 bits per heavy atom. The fraction of sp³-hybridized carbons (Fsp3) is 1.00. The molecule has 80 valence electrons. The maximum Gasteiger partial charge on any atom is -0.0354 e. The van der Waals surface area contributed by atoms with Crippen LogP contribution in [0.5, 0.6) is 0 Å². The van der Waals surface area contributed by atoms with E-state index in [1.807, 2.05) is 13.8 Å². The summed E-state index contributed by atoms with van der Waals surface area (Å²) in [6.45, 7) is 11.2. The Labute approximate surface area is 85.1 Å². The van der Waals surface area contributed by atoms with E-state index in [2.05, 4.69) is 20.8 Å². The first-order chi connectivity index (χ1) is 6.11. The Balaban J connectivity index is 0.000000671. The molecule has 0 N–H and O–H groups in total. The van der Waals surface area contributed by atoms with Crippen LogP contribution in [-0.2, 0) is 0 Å². The fourth-order valence-electron chi connectivity index (χ4n) is 2.15. The summed E-state index contributed by atoms with van der Waals surface area (Å²) in [6.07, 6.45) is 8.86. The van der Waals surface area contributed by atoms with Crippen molar-refractivity contribution in [2.45, 2.75) is 73.1 Å². The van der Waals surface area contributed by atoms with E-state index >= 15 is 0 Å². The van der Waals surface area contributed by atoms with Gasteiger partial charge in [-0.1, -0.05) is 60.3 Å². The van der Waals surface area contributed by atoms with Crippen LogP contribution in [0.1, 0.15) is 73.1 Å². The Morgan fingerprint density at radius 1 is 0.769 bits per heavy atom. The van der Waals surface area contributed by atoms with E-state index in [0.717, 1.165) is 5.92 Å². The Bertz CT molecular complexity index is 99.7. The largest absolute Gasteiger partial charge is 0.0683 e. The molecule has 0 bridgehead atoms. The molecule has 1 rings (SSSR count). The summed E-state index contributed by atoms with van der Waals surface area (Å²) in [5.41, 5.74) is 0.560. The SMILES string of the molecule is CC.CC(C)(C)C1CCCCCC1. The summed E-state index contributed by atoms with van der Waals surface area (Å²) in [5, 5.41) is 0. The molecule has 0 aromatic carbocycles. The lowest BCUT2D eigenvalue weighted by molar-refractivity contribution is 0.215. The van der Waals surface area contributed by atoms with E-state index in [9.17, 15) is 0 Å². The van der Waals surface area contributed by atoms with Gasteiger partial charge in [0.1, 0.15) is 0 Å². The van der Waals surface area contributed by atoms with Gasteiger partial charge in [-0.25, -0.2) is 0 Å². The normalized spacial score (nSPS) is 20.1. The van der Waals surface area contributed by atoms with Crippen LogP contribution in [0, 0.1) is 11.3 Å². The van der Waals surface area contributed by atoms with E-state index in [0.29, 0.717) is 5.41 Å². The summed E-state index contributed by atoms with van der Waals surface area (Å²) in [7, 11) is 0. The van der Waals surface area contributed by atoms with E-state index in [-0.39, 0.29) is 0 Å². The molecule has 0 heteroatoms. The average molecular weight is 184 g/mol. The van der Waals surface area contributed by atoms with Gasteiger partial charge in [0.25, 0.3) is 0 Å². The summed E-state index contributed by atoms with van der Waals surface area (Å²) in [4.78, 5) is 0. The number of rotatable bonds is 0. The summed E-state index contributed by atoms with van der Waals surface area (Å²) in [6, 6.07) is 0. The molecule has 0 aliphatic heterocycles. The van der Waals surface area contributed by atoms with Crippen LogP contribution in [-0.4, -0.2) is 0 Å². The maximum atomic E-state index is 2.39. The second-order valence-corrected chi connectivity index (χ2v) is 5.05. The maximum absolute atomic E-state index is 2.39. The topological polar surface area (TPSA) is 0 Å². The van der Waals surface area contributed by atoms with Gasteiger partial charge >= 0.3 is 0 Å². The third-order valence-corrected chi connectivity index (χ3v) is 3.08. The monoisotopic (exact) mass is 184 g/mol. The molecular weight excluding hydrogens is 156 g/mol. The third kappa shape index (κ3) is 5.33. The van der Waals surface area contributed by atoms with E-state index in [4.69, 9.17) is 0 Å². The van der Waals surface area contributed by atoms with Gasteiger partial charge in [0.15, 0.2) is 0 Å². The van der Waals surface area contributed by atoms with Crippen molar-refractivity contribution in [2.24, 2.45) is 11.3 Å². The molecule has 0 atom stereocenters. The van der Waals surface area contributed by atoms with Crippen molar-refractivity contribution in [2.75, 3.05) is 0 Å². The van der Waals surface area contributed by atoms with Gasteiger partial charge in [0, 0.05) is 0 Å². The van der Waals surface area contributed by atoms with Crippen molar-refractivity contribution >= 4 is 0 Å². The van der Waals surface area contributed by atoms with Crippen molar-refractivity contribution < 1.29 is 0 Å². The highest BCUT2D eigenvalue weighted by Gasteiger charge is 2.24. The van der Waals surface area contributed by atoms with Crippen molar-refractivity contribution in [3.8, 4) is 0 Å². The van der Waals surface area contributed by atoms with Gasteiger partial charge in [0.05, 0.1) is 0 Å². The molecule has 0 amide bonds. The molecule has 0 aromatic heterocycles. The molecule has 0 nitrogen and oxygen atoms in total. The molecule has 0 spiro atoms. The summed E-state index contributed by atoms with van der Waals surface area (Å²) >= 11 is 0. The average Bonchev–Trinajstić information content (AvgIpc) is 2.34. The highest BCUT2D eigenvalue weighted by Crippen LogP contribution is 2.36. The summed E-state index contributed by atoms with van der Waals surface area (Å²) in [5.74, 6) is 0.991. The Kier molecular flexibility index (Phi) is 6.45. The Hall–Kier alpha value is 0. The predicted octanol–water partition coefficient (Wildman–Crippen LogP) is 5.03. The van der Waals surface area contributed by atoms with Crippen LogP contribution in [0.4, 0.5) is 0 Å². The molecule has 1 fully saturated rings. The van der Waals surface area contributed by atoms with Gasteiger partial charge in [-0.2, -0.15) is 0 Å². The molecule has 0 radical (unpaired) electrons. The highest BCUT2D eigenvalue weighted by molar-refractivity contribution is 4.75. The Morgan fingerprint density at radius 2 is 1.15 bits per heavy atom. The van der Waals surface area contributed by atoms with Gasteiger partial charge in [-0.3, -0.25) is 0 Å². The van der Waals surface area contributed by atoms with E-state index in [1.54, 1.807) is 0 Å². The minimum Gasteiger partial charge on any atom is -0.0683 e. The molecule has 1 aliphatic rings. The van der Waals surface area contributed by atoms with Crippen LogP contribution < -0.4 is 0 Å². The standard InChI is InChI=1S/C11H22.C2H6/c1-11(2,3)10-8-6-4-5-7-9-10;1-2/h10H,4-9H2,1-3H3;1-2H3. The van der Waals surface area contributed by atoms with Crippen LogP contribution in [0.25, 0.3) is 0 Å². The van der Waals surface area contributed by atoms with Gasteiger partial charge in [-0.15, -0.1) is 0 Å². The molecule has 1 aliphatic carbocycles. The van der Waals surface area contributed by atoms with Crippen molar-refractivity contribution in [3.05, 3.63) is 0 Å². The molecule has 0 unspecified atom stereocenters. The van der Waals surface area contributed by atoms with Crippen LogP contribution in [0.15, 0.2) is 0 Å². The molecule has 0 aromatic rings. The fourth-order valence-corrected chi connectivity index (χ4v) is 2.15. The van der Waals surface area contributed by atoms with Gasteiger partial charge in [0.2, 0.25) is 0 Å². The first-order valence-corrected chi connectivity index (χ1v) is 6.11. The minimum atomic E-state index is 0.560. The minimum absolute atomic E-state index is 0.560. The smallest absolute Gasteiger partial charge is 0.0354 e. The van der Waals surface area contributed by atoms with Gasteiger partial charge < -0.3 is 0 Å². The number of hydrogen-bond donors (Lipinski definition) is 0. The van der Waals surface area contributed by atoms with Crippen LogP contribution in [0.2, 0.25) is 0 Å². The second-order valence-electron chi connectivity index (χ2n) is 5.05. The molecule has 1 saturated carbocycles. The predicted molar refractivity (Wildman–Crippen MR) is 62.0 cm³/mol. The van der Waals surface area contributed by atoms with Crippen LogP contribution >= 0.6 is 0 Å². The first kappa shape index (κ1) is 13.0. The molecule has 0 heterocycles.